The summed E-state index contributed by atoms with van der Waals surface area (Å²) in [6.07, 6.45) is 4.36. The highest BCUT2D eigenvalue weighted by Crippen LogP contribution is 2.33. The molecular weight excluding hydrogens is 390 g/mol. The molecule has 0 bridgehead atoms. The minimum atomic E-state index is -1.40. The van der Waals surface area contributed by atoms with E-state index in [9.17, 15) is 14.7 Å². The third kappa shape index (κ3) is 6.17. The van der Waals surface area contributed by atoms with Gasteiger partial charge < -0.3 is 20.6 Å². The van der Waals surface area contributed by atoms with Crippen molar-refractivity contribution in [2.45, 2.75) is 44.1 Å². The molecule has 2 saturated heterocycles. The largest absolute Gasteiger partial charge is 0.481 e. The van der Waals surface area contributed by atoms with E-state index in [-0.39, 0.29) is 31.2 Å². The third-order valence-electron chi connectivity index (χ3n) is 6.51. The topological polar surface area (TPSA) is 86.9 Å². The van der Waals surface area contributed by atoms with Gasteiger partial charge in [0.05, 0.1) is 6.42 Å². The molecule has 0 spiro atoms. The van der Waals surface area contributed by atoms with Gasteiger partial charge in [-0.15, -0.1) is 12.4 Å². The zero-order valence-corrected chi connectivity index (χ0v) is 18.1. The Labute approximate surface area is 179 Å². The Balaban J connectivity index is 0.00000300. The van der Waals surface area contributed by atoms with Crippen LogP contribution in [0.3, 0.4) is 0 Å². The van der Waals surface area contributed by atoms with E-state index in [1.165, 1.54) is 12.8 Å². The first kappa shape index (κ1) is 23.6. The molecule has 2 aliphatic rings. The average Bonchev–Trinajstić information content (AvgIpc) is 2.68. The number of halogens is 1. The fraction of sp³-hybridized carbons (Fsp3) is 0.636. The van der Waals surface area contributed by atoms with E-state index in [1.807, 2.05) is 30.3 Å². The molecular formula is C22H34ClN3O3. The maximum atomic E-state index is 13.2. The van der Waals surface area contributed by atoms with Crippen molar-refractivity contribution < 1.29 is 14.7 Å². The summed E-state index contributed by atoms with van der Waals surface area (Å²) in [5, 5.41) is 9.35. The van der Waals surface area contributed by atoms with E-state index in [4.69, 9.17) is 5.73 Å². The number of hydrogen-bond donors (Lipinski definition) is 2. The molecule has 0 saturated carbocycles. The number of carbonyl (C=O) groups is 2. The molecule has 1 aromatic rings. The van der Waals surface area contributed by atoms with E-state index >= 15 is 0 Å². The maximum absolute atomic E-state index is 13.2. The smallest absolute Gasteiger partial charge is 0.305 e. The van der Waals surface area contributed by atoms with E-state index in [0.717, 1.165) is 37.4 Å². The standard InChI is InChI=1S/C22H33N3O3.ClH/c1-24-11-7-18(8-12-24)19-9-13-25(14-10-19)21(28)22(23,16-20(26)27)15-17-5-3-2-4-6-17;/h2-6,18-19H,7-16,23H2,1H3,(H,26,27);1H/t22-;/m1./s1. The molecule has 1 atom stereocenters. The van der Waals surface area contributed by atoms with Crippen molar-refractivity contribution in [3.63, 3.8) is 0 Å². The van der Waals surface area contributed by atoms with Crippen LogP contribution in [0.5, 0.6) is 0 Å². The average molecular weight is 424 g/mol. The molecule has 2 heterocycles. The minimum absolute atomic E-state index is 0. The number of aliphatic carboxylic acids is 1. The van der Waals surface area contributed by atoms with E-state index in [2.05, 4.69) is 11.9 Å². The Morgan fingerprint density at radius 2 is 1.55 bits per heavy atom. The Bertz CT molecular complexity index is 671. The minimum Gasteiger partial charge on any atom is -0.481 e. The van der Waals surface area contributed by atoms with E-state index < -0.39 is 11.5 Å². The first-order chi connectivity index (χ1) is 13.4. The molecule has 2 aliphatic heterocycles. The number of piperidine rings is 2. The lowest BCUT2D eigenvalue weighted by Gasteiger charge is -2.41. The lowest BCUT2D eigenvalue weighted by molar-refractivity contribution is -0.146. The molecule has 1 aromatic carbocycles. The van der Waals surface area contributed by atoms with Crippen molar-refractivity contribution in [2.75, 3.05) is 33.2 Å². The molecule has 7 heteroatoms. The predicted molar refractivity (Wildman–Crippen MR) is 116 cm³/mol. The van der Waals surface area contributed by atoms with E-state index in [0.29, 0.717) is 19.0 Å². The molecule has 162 valence electrons. The van der Waals surface area contributed by atoms with Crippen molar-refractivity contribution in [3.8, 4) is 0 Å². The second-order valence-electron chi connectivity index (χ2n) is 8.66. The van der Waals surface area contributed by atoms with Crippen molar-refractivity contribution in [3.05, 3.63) is 35.9 Å². The van der Waals surface area contributed by atoms with Crippen LogP contribution in [0.1, 0.15) is 37.7 Å². The van der Waals surface area contributed by atoms with Crippen molar-refractivity contribution in [2.24, 2.45) is 17.6 Å². The highest BCUT2D eigenvalue weighted by molar-refractivity contribution is 5.90. The van der Waals surface area contributed by atoms with Gasteiger partial charge in [0.2, 0.25) is 5.91 Å². The molecule has 0 radical (unpaired) electrons. The van der Waals surface area contributed by atoms with Crippen molar-refractivity contribution in [1.82, 2.24) is 9.80 Å². The number of carbonyl (C=O) groups excluding carboxylic acids is 1. The van der Waals surface area contributed by atoms with Crippen molar-refractivity contribution >= 4 is 24.3 Å². The highest BCUT2D eigenvalue weighted by Gasteiger charge is 2.41. The van der Waals surface area contributed by atoms with Gasteiger partial charge in [-0.2, -0.15) is 0 Å². The zero-order valence-electron chi connectivity index (χ0n) is 17.3. The van der Waals surface area contributed by atoms with Crippen LogP contribution >= 0.6 is 12.4 Å². The van der Waals surface area contributed by atoms with Crippen molar-refractivity contribution in [1.29, 1.82) is 0 Å². The van der Waals surface area contributed by atoms with Gasteiger partial charge in [0.25, 0.3) is 0 Å². The molecule has 1 amide bonds. The SMILES string of the molecule is CN1CCC(C2CCN(C(=O)[C@](N)(CC(=O)O)Cc3ccccc3)CC2)CC1.Cl. The molecule has 6 nitrogen and oxygen atoms in total. The van der Waals surface area contributed by atoms with Gasteiger partial charge >= 0.3 is 5.97 Å². The van der Waals surface area contributed by atoms with Crippen LogP contribution < -0.4 is 5.73 Å². The first-order valence-electron chi connectivity index (χ1n) is 10.4. The monoisotopic (exact) mass is 423 g/mol. The quantitative estimate of drug-likeness (QED) is 0.733. The van der Waals surface area contributed by atoms with Gasteiger partial charge in [-0.25, -0.2) is 0 Å². The summed E-state index contributed by atoms with van der Waals surface area (Å²) < 4.78 is 0. The number of amides is 1. The van der Waals surface area contributed by atoms with Crippen LogP contribution in [0.2, 0.25) is 0 Å². The van der Waals surface area contributed by atoms with Gasteiger partial charge in [0, 0.05) is 13.1 Å². The van der Waals surface area contributed by atoms with Crippen LogP contribution in [-0.2, 0) is 16.0 Å². The van der Waals surface area contributed by atoms with Crippen LogP contribution in [-0.4, -0.2) is 65.5 Å². The molecule has 3 N–H and O–H groups in total. The lowest BCUT2D eigenvalue weighted by atomic mass is 9.78. The molecule has 2 fully saturated rings. The zero-order chi connectivity index (χ0) is 20.1. The van der Waals surface area contributed by atoms with Gasteiger partial charge in [-0.1, -0.05) is 30.3 Å². The summed E-state index contributed by atoms with van der Waals surface area (Å²) in [7, 11) is 2.17. The van der Waals surface area contributed by atoms with E-state index in [1.54, 1.807) is 4.90 Å². The Morgan fingerprint density at radius 3 is 2.07 bits per heavy atom. The molecule has 0 aliphatic carbocycles. The summed E-state index contributed by atoms with van der Waals surface area (Å²) in [5.41, 5.74) is 5.91. The fourth-order valence-corrected chi connectivity index (χ4v) is 4.83. The van der Waals surface area contributed by atoms with Crippen LogP contribution in [0.4, 0.5) is 0 Å². The Hall–Kier alpha value is -1.63. The molecule has 3 rings (SSSR count). The lowest BCUT2D eigenvalue weighted by Crippen LogP contribution is -2.59. The third-order valence-corrected chi connectivity index (χ3v) is 6.51. The normalized spacial score (nSPS) is 21.2. The van der Waals surface area contributed by atoms with Crippen LogP contribution in [0.25, 0.3) is 0 Å². The summed E-state index contributed by atoms with van der Waals surface area (Å²) in [6.45, 7) is 3.68. The first-order valence-corrected chi connectivity index (χ1v) is 10.4. The van der Waals surface area contributed by atoms with Gasteiger partial charge in [-0.05, 0) is 69.6 Å². The van der Waals surface area contributed by atoms with Crippen LogP contribution in [0, 0.1) is 11.8 Å². The van der Waals surface area contributed by atoms with Gasteiger partial charge in [-0.3, -0.25) is 9.59 Å². The summed E-state index contributed by atoms with van der Waals surface area (Å²) in [6, 6.07) is 9.45. The maximum Gasteiger partial charge on any atom is 0.305 e. The second-order valence-corrected chi connectivity index (χ2v) is 8.66. The summed E-state index contributed by atoms with van der Waals surface area (Å²) in [4.78, 5) is 28.8. The van der Waals surface area contributed by atoms with Gasteiger partial charge in [0.15, 0.2) is 0 Å². The molecule has 29 heavy (non-hydrogen) atoms. The van der Waals surface area contributed by atoms with Gasteiger partial charge in [0.1, 0.15) is 5.54 Å². The number of carboxylic acids is 1. The summed E-state index contributed by atoms with van der Waals surface area (Å²) in [5.74, 6) is 0.159. The summed E-state index contributed by atoms with van der Waals surface area (Å²) >= 11 is 0. The number of rotatable bonds is 6. The number of nitrogens with zero attached hydrogens (tertiary/aromatic N) is 2. The van der Waals surface area contributed by atoms with Crippen LogP contribution in [0.15, 0.2) is 30.3 Å². The molecule has 0 aromatic heterocycles. The number of nitrogens with two attached hydrogens (primary N) is 1. The number of hydrogen-bond acceptors (Lipinski definition) is 4. The second kappa shape index (κ2) is 10.4. The fourth-order valence-electron chi connectivity index (χ4n) is 4.83. The number of carboxylic acid groups (broad SMARTS) is 1. The Morgan fingerprint density at radius 1 is 1.03 bits per heavy atom. The predicted octanol–water partition coefficient (Wildman–Crippen LogP) is 2.40. The number of likely N-dealkylation sites (tertiary alicyclic amines) is 2. The Kier molecular flexibility index (Phi) is 8.49. The molecule has 0 unspecified atom stereocenters. The highest BCUT2D eigenvalue weighted by atomic mass is 35.5. The number of benzene rings is 1.